The number of carbonyl (C=O) groups is 1. The number of anilines is 1. The summed E-state index contributed by atoms with van der Waals surface area (Å²) >= 11 is 6.83. The van der Waals surface area contributed by atoms with E-state index in [1.165, 1.54) is 4.90 Å². The Balaban J connectivity index is 1.78. The number of hydrogen-bond donors (Lipinski definition) is 1. The van der Waals surface area contributed by atoms with Crippen molar-refractivity contribution in [3.05, 3.63) is 77.4 Å². The highest BCUT2D eigenvalue weighted by molar-refractivity contribution is 6.28. The van der Waals surface area contributed by atoms with Crippen LogP contribution in [0.2, 0.25) is 0 Å². The normalized spacial score (nSPS) is 17.4. The standard InChI is InChI=1S/C28H27ClN2O4/c1-16-15-28(2,3)31(29)21-12-11-18-20-14-17(32)10-13-23(20)34-26(25(18)24(16)21)19-8-6-7-9-22(19)35-27(33)30(4)5/h6-15,26,32H,1-5H3. The van der Waals surface area contributed by atoms with Gasteiger partial charge in [-0.1, -0.05) is 30.3 Å². The van der Waals surface area contributed by atoms with Crippen molar-refractivity contribution in [3.8, 4) is 28.4 Å². The number of para-hydroxylation sites is 1. The number of phenols is 1. The van der Waals surface area contributed by atoms with Gasteiger partial charge in [-0.15, -0.1) is 0 Å². The third kappa shape index (κ3) is 3.78. The van der Waals surface area contributed by atoms with Crippen molar-refractivity contribution in [2.75, 3.05) is 18.5 Å². The predicted molar refractivity (Wildman–Crippen MR) is 138 cm³/mol. The minimum absolute atomic E-state index is 0.155. The molecule has 1 atom stereocenters. The van der Waals surface area contributed by atoms with Gasteiger partial charge in [0.1, 0.15) is 17.2 Å². The summed E-state index contributed by atoms with van der Waals surface area (Å²) in [7, 11) is 3.28. The number of halogens is 1. The molecule has 1 amide bonds. The first-order valence-electron chi connectivity index (χ1n) is 11.4. The number of benzene rings is 3. The van der Waals surface area contributed by atoms with Crippen LogP contribution in [0.25, 0.3) is 16.7 Å². The summed E-state index contributed by atoms with van der Waals surface area (Å²) < 4.78 is 14.0. The molecule has 3 aromatic carbocycles. The molecular formula is C28H27ClN2O4. The zero-order valence-electron chi connectivity index (χ0n) is 20.3. The van der Waals surface area contributed by atoms with Crippen LogP contribution in [0.3, 0.4) is 0 Å². The number of carbonyl (C=O) groups excluding carboxylic acids is 1. The zero-order chi connectivity index (χ0) is 25.1. The average Bonchev–Trinajstić information content (AvgIpc) is 2.81. The van der Waals surface area contributed by atoms with Gasteiger partial charge < -0.3 is 19.5 Å². The Kier molecular flexibility index (Phi) is 5.44. The van der Waals surface area contributed by atoms with Crippen molar-refractivity contribution in [2.24, 2.45) is 0 Å². The van der Waals surface area contributed by atoms with Crippen LogP contribution >= 0.6 is 11.8 Å². The van der Waals surface area contributed by atoms with Gasteiger partial charge in [0.15, 0.2) is 6.10 Å². The number of fused-ring (bicyclic) bond motifs is 5. The molecule has 0 spiro atoms. The first kappa shape index (κ1) is 23.1. The molecule has 3 aromatic rings. The van der Waals surface area contributed by atoms with Crippen LogP contribution in [0, 0.1) is 0 Å². The van der Waals surface area contributed by atoms with Crippen LogP contribution in [-0.4, -0.2) is 35.7 Å². The Labute approximate surface area is 210 Å². The van der Waals surface area contributed by atoms with Crippen molar-refractivity contribution in [2.45, 2.75) is 32.4 Å². The van der Waals surface area contributed by atoms with Crippen LogP contribution < -0.4 is 13.9 Å². The monoisotopic (exact) mass is 490 g/mol. The maximum atomic E-state index is 12.4. The molecule has 0 saturated carbocycles. The maximum absolute atomic E-state index is 12.4. The average molecular weight is 491 g/mol. The quantitative estimate of drug-likeness (QED) is 0.402. The van der Waals surface area contributed by atoms with Gasteiger partial charge in [-0.05, 0) is 62.2 Å². The number of nitrogens with zero attached hydrogens (tertiary/aromatic N) is 2. The Morgan fingerprint density at radius 3 is 2.60 bits per heavy atom. The number of phenolic OH excluding ortho intramolecular Hbond substituents is 1. The van der Waals surface area contributed by atoms with Crippen LogP contribution in [0.1, 0.15) is 43.6 Å². The minimum Gasteiger partial charge on any atom is -0.508 e. The van der Waals surface area contributed by atoms with Crippen molar-refractivity contribution in [3.63, 3.8) is 0 Å². The molecule has 5 rings (SSSR count). The Hall–Kier alpha value is -3.64. The topological polar surface area (TPSA) is 62.2 Å². The molecule has 0 radical (unpaired) electrons. The highest BCUT2D eigenvalue weighted by Gasteiger charge is 2.38. The van der Waals surface area contributed by atoms with E-state index < -0.39 is 12.2 Å². The number of allylic oxidation sites excluding steroid dienone is 1. The Morgan fingerprint density at radius 1 is 1.11 bits per heavy atom. The van der Waals surface area contributed by atoms with Gasteiger partial charge >= 0.3 is 6.09 Å². The van der Waals surface area contributed by atoms with E-state index in [0.717, 1.165) is 39.1 Å². The first-order valence-corrected chi connectivity index (χ1v) is 11.7. The SMILES string of the molecule is CC1=CC(C)(C)N(Cl)c2ccc3c(c21)C(c1ccccc1OC(=O)N(C)C)Oc1ccc(O)cc1-3. The van der Waals surface area contributed by atoms with Crippen LogP contribution in [0.5, 0.6) is 17.2 Å². The van der Waals surface area contributed by atoms with Crippen molar-refractivity contribution < 1.29 is 19.4 Å². The summed E-state index contributed by atoms with van der Waals surface area (Å²) in [4.78, 5) is 13.8. The minimum atomic E-state index is -0.571. The third-order valence-corrected chi connectivity index (χ3v) is 7.05. The lowest BCUT2D eigenvalue weighted by atomic mass is 9.80. The molecule has 7 heteroatoms. The summed E-state index contributed by atoms with van der Waals surface area (Å²) in [5.41, 5.74) is 5.86. The largest absolute Gasteiger partial charge is 0.508 e. The molecule has 1 N–H and O–H groups in total. The fourth-order valence-electron chi connectivity index (χ4n) is 4.87. The number of hydrogen-bond acceptors (Lipinski definition) is 5. The van der Waals surface area contributed by atoms with Crippen molar-refractivity contribution in [1.29, 1.82) is 0 Å². The van der Waals surface area contributed by atoms with Gasteiger partial charge in [0.25, 0.3) is 0 Å². The highest BCUT2D eigenvalue weighted by Crippen LogP contribution is 2.53. The second kappa shape index (κ2) is 8.24. The van der Waals surface area contributed by atoms with E-state index in [-0.39, 0.29) is 11.3 Å². The Bertz CT molecular complexity index is 1380. The van der Waals surface area contributed by atoms with Crippen LogP contribution in [0.15, 0.2) is 60.7 Å². The highest BCUT2D eigenvalue weighted by atomic mass is 35.5. The van der Waals surface area contributed by atoms with Gasteiger partial charge in [0.2, 0.25) is 0 Å². The van der Waals surface area contributed by atoms with Gasteiger partial charge in [0.05, 0.1) is 11.2 Å². The molecule has 0 aliphatic carbocycles. The second-order valence-corrected chi connectivity index (χ2v) is 10.00. The first-order chi connectivity index (χ1) is 16.6. The fraction of sp³-hybridized carbons (Fsp3) is 0.250. The van der Waals surface area contributed by atoms with E-state index in [1.807, 2.05) is 30.3 Å². The second-order valence-electron chi connectivity index (χ2n) is 9.66. The van der Waals surface area contributed by atoms with Crippen LogP contribution in [-0.2, 0) is 0 Å². The third-order valence-electron chi connectivity index (χ3n) is 6.43. The molecule has 2 aliphatic rings. The van der Waals surface area contributed by atoms with Crippen LogP contribution in [0.4, 0.5) is 10.5 Å². The number of aromatic hydroxyl groups is 1. The lowest BCUT2D eigenvalue weighted by Crippen LogP contribution is -2.38. The van der Waals surface area contributed by atoms with Crippen molar-refractivity contribution >= 4 is 29.1 Å². The smallest absolute Gasteiger partial charge is 0.414 e. The summed E-state index contributed by atoms with van der Waals surface area (Å²) in [6, 6.07) is 16.5. The number of ether oxygens (including phenoxy) is 2. The molecule has 0 fully saturated rings. The summed E-state index contributed by atoms with van der Waals surface area (Å²) in [6.07, 6.45) is 1.09. The number of rotatable bonds is 2. The lowest BCUT2D eigenvalue weighted by molar-refractivity contribution is 0.169. The summed E-state index contributed by atoms with van der Waals surface area (Å²) in [5, 5.41) is 10.2. The fourth-order valence-corrected chi connectivity index (χ4v) is 5.06. The lowest BCUT2D eigenvalue weighted by Gasteiger charge is -2.41. The van der Waals surface area contributed by atoms with E-state index in [4.69, 9.17) is 21.3 Å². The van der Waals surface area contributed by atoms with Gasteiger partial charge in [-0.3, -0.25) is 4.42 Å². The van der Waals surface area contributed by atoms with Gasteiger partial charge in [-0.2, -0.15) is 0 Å². The molecule has 2 aliphatic heterocycles. The summed E-state index contributed by atoms with van der Waals surface area (Å²) in [6.45, 7) is 6.18. The van der Waals surface area contributed by atoms with E-state index >= 15 is 0 Å². The molecule has 0 bridgehead atoms. The Morgan fingerprint density at radius 2 is 1.86 bits per heavy atom. The van der Waals surface area contributed by atoms with Gasteiger partial charge in [0, 0.05) is 48.1 Å². The zero-order valence-corrected chi connectivity index (χ0v) is 21.1. The van der Waals surface area contributed by atoms with Gasteiger partial charge in [-0.25, -0.2) is 4.79 Å². The molecular weight excluding hydrogens is 464 g/mol. The number of amides is 1. The predicted octanol–water partition coefficient (Wildman–Crippen LogP) is 6.76. The molecule has 180 valence electrons. The van der Waals surface area contributed by atoms with E-state index in [2.05, 4.69) is 26.8 Å². The van der Waals surface area contributed by atoms with E-state index in [9.17, 15) is 9.90 Å². The summed E-state index contributed by atoms with van der Waals surface area (Å²) in [5.74, 6) is 1.21. The molecule has 6 nitrogen and oxygen atoms in total. The molecule has 2 heterocycles. The van der Waals surface area contributed by atoms with E-state index in [1.54, 1.807) is 42.8 Å². The molecule has 1 unspecified atom stereocenters. The molecule has 0 aromatic heterocycles. The molecule has 0 saturated heterocycles. The maximum Gasteiger partial charge on any atom is 0.414 e. The van der Waals surface area contributed by atoms with E-state index in [0.29, 0.717) is 11.5 Å². The molecule has 35 heavy (non-hydrogen) atoms. The van der Waals surface area contributed by atoms with Crippen molar-refractivity contribution in [1.82, 2.24) is 4.90 Å².